The Bertz CT molecular complexity index is 616. The summed E-state index contributed by atoms with van der Waals surface area (Å²) < 4.78 is 6.59. The van der Waals surface area contributed by atoms with Crippen molar-refractivity contribution in [2.75, 3.05) is 6.61 Å². The summed E-state index contributed by atoms with van der Waals surface area (Å²) >= 11 is 3.53. The minimum atomic E-state index is -0.0710. The van der Waals surface area contributed by atoms with Crippen molar-refractivity contribution in [1.82, 2.24) is 10.6 Å². The summed E-state index contributed by atoms with van der Waals surface area (Å²) in [6, 6.07) is 6.17. The van der Waals surface area contributed by atoms with Crippen LogP contribution < -0.4 is 15.4 Å². The molecule has 1 saturated heterocycles. The van der Waals surface area contributed by atoms with Crippen molar-refractivity contribution in [2.24, 2.45) is 0 Å². The summed E-state index contributed by atoms with van der Waals surface area (Å²) in [4.78, 5) is 12.3. The Morgan fingerprint density at radius 2 is 1.85 bits per heavy atom. The Morgan fingerprint density at radius 1 is 1.27 bits per heavy atom. The lowest BCUT2D eigenvalue weighted by Crippen LogP contribution is -2.62. The zero-order valence-electron chi connectivity index (χ0n) is 16.6. The highest BCUT2D eigenvalue weighted by molar-refractivity contribution is 9.10. The molecule has 0 unspecified atom stereocenters. The maximum absolute atomic E-state index is 12.3. The lowest BCUT2D eigenvalue weighted by molar-refractivity contribution is -0.124. The van der Waals surface area contributed by atoms with E-state index < -0.39 is 0 Å². The van der Waals surface area contributed by atoms with Crippen molar-refractivity contribution < 1.29 is 9.53 Å². The SMILES string of the molecule is CC(C)c1ccc(OCC(=O)NC2CC(C)(C)NC(C)(C)C2)c(Br)c1.Cl. The number of hydrogen-bond acceptors (Lipinski definition) is 3. The third kappa shape index (κ3) is 6.75. The Kier molecular flexibility index (Phi) is 8.00. The number of amides is 1. The second kappa shape index (κ2) is 8.94. The minimum Gasteiger partial charge on any atom is -0.483 e. The molecule has 1 aromatic carbocycles. The van der Waals surface area contributed by atoms with E-state index in [1.807, 2.05) is 12.1 Å². The van der Waals surface area contributed by atoms with E-state index >= 15 is 0 Å². The summed E-state index contributed by atoms with van der Waals surface area (Å²) in [6.45, 7) is 13.0. The molecule has 1 fully saturated rings. The summed E-state index contributed by atoms with van der Waals surface area (Å²) in [7, 11) is 0. The van der Waals surface area contributed by atoms with E-state index in [2.05, 4.69) is 74.2 Å². The van der Waals surface area contributed by atoms with Gasteiger partial charge >= 0.3 is 0 Å². The fraction of sp³-hybridized carbons (Fsp3) is 0.650. The second-order valence-corrected chi connectivity index (χ2v) is 9.55. The third-order valence-electron chi connectivity index (χ3n) is 4.54. The van der Waals surface area contributed by atoms with Crippen molar-refractivity contribution in [2.45, 2.75) is 77.4 Å². The van der Waals surface area contributed by atoms with Crippen LogP contribution in [0.25, 0.3) is 0 Å². The number of carbonyl (C=O) groups excluding carboxylic acids is 1. The molecular weight excluding hydrogens is 416 g/mol. The average Bonchev–Trinajstić information content (AvgIpc) is 2.42. The molecule has 0 bridgehead atoms. The van der Waals surface area contributed by atoms with Gasteiger partial charge in [0, 0.05) is 17.1 Å². The Hall–Kier alpha value is -0.780. The zero-order chi connectivity index (χ0) is 18.8. The molecule has 1 aliphatic rings. The topological polar surface area (TPSA) is 50.4 Å². The third-order valence-corrected chi connectivity index (χ3v) is 5.16. The van der Waals surface area contributed by atoms with Crippen molar-refractivity contribution >= 4 is 34.2 Å². The minimum absolute atomic E-state index is 0. The van der Waals surface area contributed by atoms with E-state index in [-0.39, 0.29) is 42.0 Å². The average molecular weight is 448 g/mol. The van der Waals surface area contributed by atoms with Gasteiger partial charge in [-0.25, -0.2) is 0 Å². The molecule has 0 atom stereocenters. The number of halogens is 2. The molecule has 1 heterocycles. The van der Waals surface area contributed by atoms with E-state index in [0.29, 0.717) is 11.7 Å². The normalized spacial score (nSPS) is 18.9. The van der Waals surface area contributed by atoms with Crippen LogP contribution in [0.5, 0.6) is 5.75 Å². The molecule has 0 radical (unpaired) electrons. The lowest BCUT2D eigenvalue weighted by Gasteiger charge is -2.46. The van der Waals surface area contributed by atoms with Gasteiger partial charge < -0.3 is 15.4 Å². The molecule has 0 saturated carbocycles. The summed E-state index contributed by atoms with van der Waals surface area (Å²) in [5.41, 5.74) is 1.26. The van der Waals surface area contributed by atoms with Crippen LogP contribution in [0.3, 0.4) is 0 Å². The molecule has 2 rings (SSSR count). The molecule has 26 heavy (non-hydrogen) atoms. The molecule has 6 heteroatoms. The van der Waals surface area contributed by atoms with Crippen LogP contribution in [-0.2, 0) is 4.79 Å². The number of ether oxygens (including phenoxy) is 1. The maximum atomic E-state index is 12.3. The summed E-state index contributed by atoms with van der Waals surface area (Å²) in [5, 5.41) is 6.76. The number of piperidine rings is 1. The molecule has 1 amide bonds. The number of nitrogens with one attached hydrogen (secondary N) is 2. The highest BCUT2D eigenvalue weighted by Gasteiger charge is 2.38. The molecule has 2 N–H and O–H groups in total. The fourth-order valence-corrected chi connectivity index (χ4v) is 4.34. The second-order valence-electron chi connectivity index (χ2n) is 8.70. The first-order valence-corrected chi connectivity index (χ1v) is 9.78. The van der Waals surface area contributed by atoms with Gasteiger partial charge in [-0.1, -0.05) is 19.9 Å². The Labute approximate surface area is 172 Å². The molecular formula is C20H32BrClN2O2. The van der Waals surface area contributed by atoms with Gasteiger partial charge in [0.05, 0.1) is 4.47 Å². The zero-order valence-corrected chi connectivity index (χ0v) is 19.0. The van der Waals surface area contributed by atoms with Crippen molar-refractivity contribution in [3.8, 4) is 5.75 Å². The van der Waals surface area contributed by atoms with Crippen LogP contribution in [0.1, 0.15) is 65.9 Å². The predicted octanol–water partition coefficient (Wildman–Crippen LogP) is 4.80. The van der Waals surface area contributed by atoms with Gasteiger partial charge in [-0.15, -0.1) is 12.4 Å². The molecule has 0 spiro atoms. The first-order valence-electron chi connectivity index (χ1n) is 8.98. The molecule has 1 aromatic rings. The molecule has 4 nitrogen and oxygen atoms in total. The van der Waals surface area contributed by atoms with Gasteiger partial charge in [0.25, 0.3) is 5.91 Å². The van der Waals surface area contributed by atoms with E-state index in [9.17, 15) is 4.79 Å². The van der Waals surface area contributed by atoms with Crippen LogP contribution in [0.4, 0.5) is 0 Å². The molecule has 1 aliphatic heterocycles. The molecule has 0 aromatic heterocycles. The first kappa shape index (κ1) is 23.3. The molecule has 0 aliphatic carbocycles. The van der Waals surface area contributed by atoms with E-state index in [4.69, 9.17) is 4.74 Å². The van der Waals surface area contributed by atoms with Gasteiger partial charge in [0.2, 0.25) is 0 Å². The first-order chi connectivity index (χ1) is 11.5. The lowest BCUT2D eigenvalue weighted by atomic mass is 9.79. The van der Waals surface area contributed by atoms with Crippen molar-refractivity contribution in [3.63, 3.8) is 0 Å². The molecule has 148 valence electrons. The Morgan fingerprint density at radius 3 is 2.35 bits per heavy atom. The number of hydrogen-bond donors (Lipinski definition) is 2. The van der Waals surface area contributed by atoms with Crippen molar-refractivity contribution in [1.29, 1.82) is 0 Å². The largest absolute Gasteiger partial charge is 0.483 e. The number of carbonyl (C=O) groups is 1. The smallest absolute Gasteiger partial charge is 0.258 e. The maximum Gasteiger partial charge on any atom is 0.258 e. The van der Waals surface area contributed by atoms with Crippen LogP contribution in [0.15, 0.2) is 22.7 Å². The summed E-state index contributed by atoms with van der Waals surface area (Å²) in [5.74, 6) is 1.09. The van der Waals surface area contributed by atoms with E-state index in [1.54, 1.807) is 0 Å². The highest BCUT2D eigenvalue weighted by atomic mass is 79.9. The van der Waals surface area contributed by atoms with Crippen molar-refractivity contribution in [3.05, 3.63) is 28.2 Å². The van der Waals surface area contributed by atoms with Gasteiger partial charge in [0.15, 0.2) is 6.61 Å². The highest BCUT2D eigenvalue weighted by Crippen LogP contribution is 2.30. The van der Waals surface area contributed by atoms with Gasteiger partial charge in [0.1, 0.15) is 5.75 Å². The summed E-state index contributed by atoms with van der Waals surface area (Å²) in [6.07, 6.45) is 1.82. The van der Waals surface area contributed by atoms with E-state index in [1.165, 1.54) is 5.56 Å². The number of benzene rings is 1. The van der Waals surface area contributed by atoms with Gasteiger partial charge in [-0.05, 0) is 80.1 Å². The fourth-order valence-electron chi connectivity index (χ4n) is 3.83. The van der Waals surface area contributed by atoms with Crippen LogP contribution in [-0.4, -0.2) is 29.6 Å². The van der Waals surface area contributed by atoms with Gasteiger partial charge in [-0.2, -0.15) is 0 Å². The standard InChI is InChI=1S/C20H31BrN2O2.ClH/c1-13(2)14-7-8-17(16(21)9-14)25-12-18(24)22-15-10-19(3,4)23-20(5,6)11-15;/h7-9,13,15,23H,10-12H2,1-6H3,(H,22,24);1H. The quantitative estimate of drug-likeness (QED) is 0.682. The van der Waals surface area contributed by atoms with Crippen LogP contribution in [0.2, 0.25) is 0 Å². The predicted molar refractivity (Wildman–Crippen MR) is 113 cm³/mol. The van der Waals surface area contributed by atoms with Gasteiger partial charge in [-0.3, -0.25) is 4.79 Å². The monoisotopic (exact) mass is 446 g/mol. The number of rotatable bonds is 5. The van der Waals surface area contributed by atoms with Crippen LogP contribution in [0, 0.1) is 0 Å². The Balaban J connectivity index is 0.00000338. The van der Waals surface area contributed by atoms with Crippen LogP contribution >= 0.6 is 28.3 Å². The van der Waals surface area contributed by atoms with E-state index in [0.717, 1.165) is 17.3 Å².